The minimum absolute atomic E-state index is 0.0284. The topological polar surface area (TPSA) is 37.4 Å². The van der Waals surface area contributed by atoms with Crippen molar-refractivity contribution in [3.05, 3.63) is 35.4 Å². The molecule has 114 valence electrons. The number of benzene rings is 1. The zero-order valence-electron chi connectivity index (χ0n) is 13.3. The van der Waals surface area contributed by atoms with Crippen LogP contribution in [0.3, 0.4) is 0 Å². The van der Waals surface area contributed by atoms with E-state index in [0.29, 0.717) is 0 Å². The van der Waals surface area contributed by atoms with Gasteiger partial charge in [0.05, 0.1) is 13.1 Å². The van der Waals surface area contributed by atoms with Gasteiger partial charge in [-0.05, 0) is 20.8 Å². The van der Waals surface area contributed by atoms with Gasteiger partial charge in [-0.3, -0.25) is 9.59 Å². The van der Waals surface area contributed by atoms with E-state index in [1.165, 1.54) is 5.56 Å². The predicted molar refractivity (Wildman–Crippen MR) is 88.9 cm³/mol. The first-order valence-corrected chi connectivity index (χ1v) is 8.93. The van der Waals surface area contributed by atoms with Crippen molar-refractivity contribution in [2.45, 2.75) is 32.4 Å². The number of amides is 1. The molecule has 0 unspecified atom stereocenters. The van der Waals surface area contributed by atoms with E-state index in [1.54, 1.807) is 6.92 Å². The van der Waals surface area contributed by atoms with E-state index < -0.39 is 0 Å². The fourth-order valence-corrected chi connectivity index (χ4v) is 5.15. The molecule has 0 aliphatic carbocycles. The summed E-state index contributed by atoms with van der Waals surface area (Å²) in [5.74, 6) is 2.23. The van der Waals surface area contributed by atoms with Crippen LogP contribution in [0.5, 0.6) is 0 Å². The molecule has 0 atom stereocenters. The summed E-state index contributed by atoms with van der Waals surface area (Å²) >= 11 is 0. The summed E-state index contributed by atoms with van der Waals surface area (Å²) in [7, 11) is 0.0284. The van der Waals surface area contributed by atoms with E-state index in [-0.39, 0.29) is 27.3 Å². The van der Waals surface area contributed by atoms with Crippen LogP contribution < -0.4 is 0 Å². The molecule has 0 saturated carbocycles. The number of nitrogens with zero attached hydrogens (tertiary/aromatic N) is 1. The Balaban J connectivity index is 2.09. The van der Waals surface area contributed by atoms with Crippen molar-refractivity contribution >= 4 is 22.6 Å². The number of carbonyl (C=O) groups excluding carboxylic acids is 2. The van der Waals surface area contributed by atoms with Crippen LogP contribution in [0.1, 0.15) is 36.7 Å². The molecule has 0 aromatic heterocycles. The van der Waals surface area contributed by atoms with Crippen LogP contribution in [-0.2, 0) is 15.7 Å². The highest BCUT2D eigenvalue weighted by molar-refractivity contribution is 7.99. The van der Waals surface area contributed by atoms with E-state index in [0.717, 1.165) is 30.2 Å². The molecule has 1 amide bonds. The van der Waals surface area contributed by atoms with Crippen LogP contribution in [0.25, 0.3) is 0 Å². The average molecular weight is 306 g/mol. The SMILES string of the molecule is CC(=O)N1CC[S+](C(C)(C)C(=O)c2ccc(C)cc2)CC1. The third-order valence-corrected chi connectivity index (χ3v) is 7.22. The minimum Gasteiger partial charge on any atom is -0.334 e. The summed E-state index contributed by atoms with van der Waals surface area (Å²) in [6, 6.07) is 7.83. The molecule has 1 heterocycles. The second kappa shape index (κ2) is 6.22. The van der Waals surface area contributed by atoms with Crippen LogP contribution >= 0.6 is 0 Å². The van der Waals surface area contributed by atoms with E-state index in [1.807, 2.05) is 36.1 Å². The molecule has 0 N–H and O–H groups in total. The minimum atomic E-state index is -0.349. The van der Waals surface area contributed by atoms with E-state index >= 15 is 0 Å². The molecule has 4 heteroatoms. The molecule has 1 saturated heterocycles. The van der Waals surface area contributed by atoms with Crippen molar-refractivity contribution in [2.24, 2.45) is 0 Å². The molecule has 21 heavy (non-hydrogen) atoms. The van der Waals surface area contributed by atoms with Gasteiger partial charge in [0.2, 0.25) is 11.7 Å². The largest absolute Gasteiger partial charge is 0.334 e. The normalized spacial score (nSPS) is 16.9. The molecule has 3 nitrogen and oxygen atoms in total. The molecule has 1 aromatic carbocycles. The molecular formula is C17H24NO2S+. The lowest BCUT2D eigenvalue weighted by Crippen LogP contribution is -2.52. The van der Waals surface area contributed by atoms with Gasteiger partial charge in [0.25, 0.3) is 0 Å². The van der Waals surface area contributed by atoms with E-state index in [2.05, 4.69) is 13.8 Å². The Hall–Kier alpha value is -1.29. The van der Waals surface area contributed by atoms with Gasteiger partial charge in [0, 0.05) is 23.4 Å². The van der Waals surface area contributed by atoms with E-state index in [4.69, 9.17) is 0 Å². The van der Waals surface area contributed by atoms with Crippen LogP contribution in [-0.4, -0.2) is 45.9 Å². The number of hydrogen-bond donors (Lipinski definition) is 0. The second-order valence-electron chi connectivity index (χ2n) is 6.11. The number of carbonyl (C=O) groups is 2. The zero-order valence-corrected chi connectivity index (χ0v) is 14.1. The maximum absolute atomic E-state index is 12.8. The van der Waals surface area contributed by atoms with Crippen molar-refractivity contribution in [3.8, 4) is 0 Å². The summed E-state index contributed by atoms with van der Waals surface area (Å²) in [5, 5.41) is 0. The quantitative estimate of drug-likeness (QED) is 0.635. The summed E-state index contributed by atoms with van der Waals surface area (Å²) in [6.07, 6.45) is 0. The van der Waals surface area contributed by atoms with Crippen molar-refractivity contribution < 1.29 is 9.59 Å². The Kier molecular flexibility index (Phi) is 4.77. The van der Waals surface area contributed by atoms with Gasteiger partial charge in [-0.1, -0.05) is 29.8 Å². The fraction of sp³-hybridized carbons (Fsp3) is 0.529. The van der Waals surface area contributed by atoms with Gasteiger partial charge in [0.15, 0.2) is 4.75 Å². The Morgan fingerprint density at radius 2 is 1.62 bits per heavy atom. The second-order valence-corrected chi connectivity index (χ2v) is 8.94. The highest BCUT2D eigenvalue weighted by atomic mass is 32.2. The van der Waals surface area contributed by atoms with Crippen LogP contribution in [0.2, 0.25) is 0 Å². The van der Waals surface area contributed by atoms with Crippen molar-refractivity contribution in [3.63, 3.8) is 0 Å². The molecule has 1 fully saturated rings. The Morgan fingerprint density at radius 1 is 1.10 bits per heavy atom. The van der Waals surface area contributed by atoms with Crippen LogP contribution in [0.15, 0.2) is 24.3 Å². The lowest BCUT2D eigenvalue weighted by molar-refractivity contribution is -0.128. The van der Waals surface area contributed by atoms with Crippen molar-refractivity contribution in [1.82, 2.24) is 4.90 Å². The third kappa shape index (κ3) is 3.49. The van der Waals surface area contributed by atoms with Gasteiger partial charge < -0.3 is 4.90 Å². The van der Waals surface area contributed by atoms with Gasteiger partial charge in [-0.15, -0.1) is 0 Å². The molecule has 2 rings (SSSR count). The number of aryl methyl sites for hydroxylation is 1. The number of rotatable bonds is 3. The van der Waals surface area contributed by atoms with Crippen molar-refractivity contribution in [1.29, 1.82) is 0 Å². The zero-order chi connectivity index (χ0) is 15.6. The first kappa shape index (κ1) is 16.1. The number of Topliss-reactive ketones (excluding diaryl/α,β-unsaturated/α-hetero) is 1. The predicted octanol–water partition coefficient (Wildman–Crippen LogP) is 2.44. The summed E-state index contributed by atoms with van der Waals surface area (Å²) in [5.41, 5.74) is 1.97. The number of ketones is 1. The Bertz CT molecular complexity index is 528. The highest BCUT2D eigenvalue weighted by Gasteiger charge is 2.47. The molecule has 0 radical (unpaired) electrons. The van der Waals surface area contributed by atoms with Gasteiger partial charge in [-0.2, -0.15) is 0 Å². The molecule has 0 spiro atoms. The lowest BCUT2D eigenvalue weighted by atomic mass is 9.99. The highest BCUT2D eigenvalue weighted by Crippen LogP contribution is 2.27. The molecule has 1 aromatic rings. The Labute approximate surface area is 130 Å². The molecule has 0 bridgehead atoms. The molecule has 1 aliphatic rings. The maximum atomic E-state index is 12.8. The summed E-state index contributed by atoms with van der Waals surface area (Å²) in [4.78, 5) is 26.1. The maximum Gasteiger partial charge on any atom is 0.219 e. The number of hydrogen-bond acceptors (Lipinski definition) is 2. The monoisotopic (exact) mass is 306 g/mol. The average Bonchev–Trinajstić information content (AvgIpc) is 2.47. The van der Waals surface area contributed by atoms with Gasteiger partial charge >= 0.3 is 0 Å². The summed E-state index contributed by atoms with van der Waals surface area (Å²) < 4.78 is -0.349. The van der Waals surface area contributed by atoms with Gasteiger partial charge in [0.1, 0.15) is 11.5 Å². The van der Waals surface area contributed by atoms with Gasteiger partial charge in [-0.25, -0.2) is 0 Å². The smallest absolute Gasteiger partial charge is 0.219 e. The van der Waals surface area contributed by atoms with Crippen molar-refractivity contribution in [2.75, 3.05) is 24.6 Å². The first-order valence-electron chi connectivity index (χ1n) is 7.37. The Morgan fingerprint density at radius 3 is 2.10 bits per heavy atom. The van der Waals surface area contributed by atoms with Crippen LogP contribution in [0, 0.1) is 6.92 Å². The third-order valence-electron chi connectivity index (χ3n) is 4.24. The van der Waals surface area contributed by atoms with E-state index in [9.17, 15) is 9.59 Å². The summed E-state index contributed by atoms with van der Waals surface area (Å²) in [6.45, 7) is 9.32. The van der Waals surface area contributed by atoms with Crippen LogP contribution in [0.4, 0.5) is 0 Å². The standard InChI is InChI=1S/C17H24NO2S/c1-13-5-7-15(8-6-13)16(20)17(3,4)21-11-9-18(10-12-21)14(2)19/h5-8H,9-12H2,1-4H3/q+1. The first-order chi connectivity index (χ1) is 9.82. The fourth-order valence-electron chi connectivity index (χ4n) is 2.66. The lowest BCUT2D eigenvalue weighted by Gasteiger charge is -2.32. The molecule has 1 aliphatic heterocycles. The molecular weight excluding hydrogens is 282 g/mol.